The summed E-state index contributed by atoms with van der Waals surface area (Å²) in [5.74, 6) is -1.18. The number of halogens is 1. The van der Waals surface area contributed by atoms with Crippen LogP contribution in [0, 0.1) is 15.9 Å². The van der Waals surface area contributed by atoms with Crippen LogP contribution < -0.4 is 9.73 Å². The van der Waals surface area contributed by atoms with Crippen molar-refractivity contribution in [1.82, 2.24) is 5.43 Å². The van der Waals surface area contributed by atoms with Crippen molar-refractivity contribution in [3.05, 3.63) is 70.0 Å². The second-order valence-electron chi connectivity index (χ2n) is 5.39. The zero-order valence-electron chi connectivity index (χ0n) is 14.1. The van der Waals surface area contributed by atoms with E-state index in [2.05, 4.69) is 10.5 Å². The number of nitrogens with one attached hydrogen (secondary N) is 1. The highest BCUT2D eigenvalue weighted by Crippen LogP contribution is 2.22. The highest BCUT2D eigenvalue weighted by atomic mass is 32.2. The first-order valence-electron chi connectivity index (χ1n) is 7.46. The summed E-state index contributed by atoms with van der Waals surface area (Å²) in [6, 6.07) is 10.2. The molecule has 0 atom stereocenters. The molecule has 2 aromatic rings. The summed E-state index contributed by atoms with van der Waals surface area (Å²) in [6.07, 6.45) is 2.14. The number of hydrazone groups is 1. The van der Waals surface area contributed by atoms with Gasteiger partial charge in [0.25, 0.3) is 11.6 Å². The lowest BCUT2D eigenvalue weighted by Gasteiger charge is -2.21. The largest absolute Gasteiger partial charge is 0.271 e. The first-order chi connectivity index (χ1) is 12.7. The van der Waals surface area contributed by atoms with Gasteiger partial charge in [0.2, 0.25) is 10.0 Å². The van der Waals surface area contributed by atoms with E-state index < -0.39 is 33.2 Å². The molecule has 0 aromatic heterocycles. The van der Waals surface area contributed by atoms with Crippen LogP contribution in [0.5, 0.6) is 0 Å². The molecule has 11 heteroatoms. The maximum absolute atomic E-state index is 12.8. The Morgan fingerprint density at radius 2 is 1.96 bits per heavy atom. The number of hydrogen-bond donors (Lipinski definition) is 1. The number of rotatable bonds is 7. The van der Waals surface area contributed by atoms with Crippen molar-refractivity contribution in [3.8, 4) is 0 Å². The van der Waals surface area contributed by atoms with Crippen LogP contribution in [-0.2, 0) is 14.8 Å². The number of non-ortho nitro benzene ring substituents is 1. The molecule has 0 saturated carbocycles. The average Bonchev–Trinajstić information content (AvgIpc) is 2.60. The molecule has 2 aromatic carbocycles. The number of carbonyl (C=O) groups excluding carboxylic acids is 1. The molecule has 2 rings (SSSR count). The van der Waals surface area contributed by atoms with Crippen molar-refractivity contribution in [2.45, 2.75) is 0 Å². The molecule has 27 heavy (non-hydrogen) atoms. The predicted octanol–water partition coefficient (Wildman–Crippen LogP) is 1.65. The van der Waals surface area contributed by atoms with Crippen molar-refractivity contribution in [3.63, 3.8) is 0 Å². The van der Waals surface area contributed by atoms with Gasteiger partial charge in [0.15, 0.2) is 0 Å². The SMILES string of the molecule is CS(=O)(=O)N(CC(=O)N/N=C\c1ccc(F)cc1)c1cccc([N+](=O)[O-])c1. The molecule has 0 radical (unpaired) electrons. The molecule has 1 N–H and O–H groups in total. The summed E-state index contributed by atoms with van der Waals surface area (Å²) in [7, 11) is -3.88. The number of benzene rings is 2. The van der Waals surface area contributed by atoms with Gasteiger partial charge < -0.3 is 0 Å². The molecule has 0 aliphatic heterocycles. The zero-order chi connectivity index (χ0) is 20.0. The van der Waals surface area contributed by atoms with E-state index >= 15 is 0 Å². The van der Waals surface area contributed by atoms with Gasteiger partial charge in [-0.25, -0.2) is 18.2 Å². The third kappa shape index (κ3) is 5.85. The normalized spacial score (nSPS) is 11.3. The molecule has 0 aliphatic carbocycles. The van der Waals surface area contributed by atoms with Crippen LogP contribution >= 0.6 is 0 Å². The maximum Gasteiger partial charge on any atom is 0.271 e. The molecule has 1 amide bonds. The van der Waals surface area contributed by atoms with E-state index in [1.807, 2.05) is 0 Å². The Labute approximate surface area is 154 Å². The van der Waals surface area contributed by atoms with Gasteiger partial charge in [-0.2, -0.15) is 5.10 Å². The fourth-order valence-corrected chi connectivity index (χ4v) is 2.90. The molecule has 142 valence electrons. The lowest BCUT2D eigenvalue weighted by atomic mass is 10.2. The van der Waals surface area contributed by atoms with Gasteiger partial charge in [-0.1, -0.05) is 18.2 Å². The number of carbonyl (C=O) groups is 1. The average molecular weight is 394 g/mol. The molecule has 0 unspecified atom stereocenters. The van der Waals surface area contributed by atoms with E-state index in [1.54, 1.807) is 0 Å². The second kappa shape index (κ2) is 8.36. The van der Waals surface area contributed by atoms with Gasteiger partial charge in [0, 0.05) is 12.1 Å². The lowest BCUT2D eigenvalue weighted by molar-refractivity contribution is -0.384. The van der Waals surface area contributed by atoms with Crippen molar-refractivity contribution < 1.29 is 22.5 Å². The summed E-state index contributed by atoms with van der Waals surface area (Å²) in [5.41, 5.74) is 2.34. The number of sulfonamides is 1. The highest BCUT2D eigenvalue weighted by molar-refractivity contribution is 7.92. The first-order valence-corrected chi connectivity index (χ1v) is 9.31. The summed E-state index contributed by atoms with van der Waals surface area (Å²) in [6.45, 7) is -0.624. The van der Waals surface area contributed by atoms with Crippen LogP contribution in [0.15, 0.2) is 53.6 Å². The maximum atomic E-state index is 12.8. The fraction of sp³-hybridized carbons (Fsp3) is 0.125. The minimum absolute atomic E-state index is 0.0237. The van der Waals surface area contributed by atoms with E-state index in [9.17, 15) is 27.7 Å². The number of anilines is 1. The molecule has 0 fully saturated rings. The molecule has 0 saturated heterocycles. The Morgan fingerprint density at radius 3 is 2.56 bits per heavy atom. The molecular weight excluding hydrogens is 379 g/mol. The number of nitrogens with zero attached hydrogens (tertiary/aromatic N) is 3. The standard InChI is InChI=1S/C16H15FN4O5S/c1-27(25,26)20(14-3-2-4-15(9-14)21(23)24)11-16(22)19-18-10-12-5-7-13(17)8-6-12/h2-10H,11H2,1H3,(H,19,22)/b18-10-. The molecule has 0 aliphatic rings. The van der Waals surface area contributed by atoms with Crippen LogP contribution in [0.2, 0.25) is 0 Å². The van der Waals surface area contributed by atoms with Crippen LogP contribution in [0.4, 0.5) is 15.8 Å². The Hall–Kier alpha value is -3.34. The van der Waals surface area contributed by atoms with Crippen molar-refractivity contribution >= 4 is 33.5 Å². The molecular formula is C16H15FN4O5S. The number of nitro groups is 1. The summed E-state index contributed by atoms with van der Waals surface area (Å²) < 4.78 is 37.5. The summed E-state index contributed by atoms with van der Waals surface area (Å²) in [4.78, 5) is 22.2. The van der Waals surface area contributed by atoms with Crippen LogP contribution in [0.25, 0.3) is 0 Å². The third-order valence-electron chi connectivity index (χ3n) is 3.29. The summed E-state index contributed by atoms with van der Waals surface area (Å²) >= 11 is 0. The van der Waals surface area contributed by atoms with Gasteiger partial charge in [-0.3, -0.25) is 19.2 Å². The number of nitro benzene ring substituents is 1. The molecule has 9 nitrogen and oxygen atoms in total. The van der Waals surface area contributed by atoms with Crippen molar-refractivity contribution in [2.75, 3.05) is 17.1 Å². The van der Waals surface area contributed by atoms with Crippen LogP contribution in [0.3, 0.4) is 0 Å². The predicted molar refractivity (Wildman–Crippen MR) is 97.4 cm³/mol. The van der Waals surface area contributed by atoms with E-state index in [4.69, 9.17) is 0 Å². The Morgan fingerprint density at radius 1 is 1.30 bits per heavy atom. The first kappa shape index (κ1) is 20.0. The van der Waals surface area contributed by atoms with E-state index in [0.717, 1.165) is 16.6 Å². The Kier molecular flexibility index (Phi) is 6.19. The van der Waals surface area contributed by atoms with Gasteiger partial charge in [-0.15, -0.1) is 0 Å². The second-order valence-corrected chi connectivity index (χ2v) is 7.30. The fourth-order valence-electron chi connectivity index (χ4n) is 2.06. The van der Waals surface area contributed by atoms with Crippen LogP contribution in [-0.4, -0.2) is 38.3 Å². The molecule has 0 heterocycles. The number of hydrogen-bond acceptors (Lipinski definition) is 6. The van der Waals surface area contributed by atoms with Crippen molar-refractivity contribution in [2.24, 2.45) is 5.10 Å². The third-order valence-corrected chi connectivity index (χ3v) is 4.43. The van der Waals surface area contributed by atoms with Crippen molar-refractivity contribution in [1.29, 1.82) is 0 Å². The van der Waals surface area contributed by atoms with Crippen LogP contribution in [0.1, 0.15) is 5.56 Å². The van der Waals surface area contributed by atoms with E-state index in [0.29, 0.717) is 5.56 Å². The van der Waals surface area contributed by atoms with E-state index in [1.165, 1.54) is 48.7 Å². The Balaban J connectivity index is 2.12. The smallest absolute Gasteiger partial charge is 0.271 e. The molecule has 0 spiro atoms. The van der Waals surface area contributed by atoms with Gasteiger partial charge >= 0.3 is 0 Å². The minimum atomic E-state index is -3.88. The van der Waals surface area contributed by atoms with E-state index in [-0.39, 0.29) is 11.4 Å². The zero-order valence-corrected chi connectivity index (χ0v) is 14.9. The topological polar surface area (TPSA) is 122 Å². The lowest BCUT2D eigenvalue weighted by Crippen LogP contribution is -2.39. The number of amides is 1. The minimum Gasteiger partial charge on any atom is -0.271 e. The monoisotopic (exact) mass is 394 g/mol. The van der Waals surface area contributed by atoms with Gasteiger partial charge in [-0.05, 0) is 23.8 Å². The summed E-state index contributed by atoms with van der Waals surface area (Å²) in [5, 5.41) is 14.5. The Bertz CT molecular complexity index is 977. The van der Waals surface area contributed by atoms with Gasteiger partial charge in [0.1, 0.15) is 12.4 Å². The highest BCUT2D eigenvalue weighted by Gasteiger charge is 2.22. The quantitative estimate of drug-likeness (QED) is 0.435. The molecule has 0 bridgehead atoms. The van der Waals surface area contributed by atoms with Gasteiger partial charge in [0.05, 0.1) is 23.1 Å².